The Kier molecular flexibility index (Phi) is 5.40. The van der Waals surface area contributed by atoms with Gasteiger partial charge in [-0.05, 0) is 54.1 Å². The Hall–Kier alpha value is -3.97. The van der Waals surface area contributed by atoms with Crippen LogP contribution < -0.4 is 24.4 Å². The van der Waals surface area contributed by atoms with Crippen LogP contribution in [-0.4, -0.2) is 32.1 Å². The first-order chi connectivity index (χ1) is 16.0. The molecular weight excluding hydrogens is 444 g/mol. The van der Waals surface area contributed by atoms with Crippen molar-refractivity contribution in [2.75, 3.05) is 30.5 Å². The number of nitrogens with zero attached hydrogens (tertiary/aromatic N) is 1. The summed E-state index contributed by atoms with van der Waals surface area (Å²) in [6.07, 6.45) is 0. The molecule has 2 aliphatic heterocycles. The summed E-state index contributed by atoms with van der Waals surface area (Å²) in [5.41, 5.74) is 2.04. The van der Waals surface area contributed by atoms with Gasteiger partial charge in [-0.3, -0.25) is 9.59 Å². The maximum atomic E-state index is 13.5. The fraction of sp³-hybridized carbons (Fsp3) is 0.120. The fourth-order valence-corrected chi connectivity index (χ4v) is 3.89. The van der Waals surface area contributed by atoms with Gasteiger partial charge in [0.25, 0.3) is 11.8 Å². The Morgan fingerprint density at radius 3 is 2.27 bits per heavy atom. The first-order valence-corrected chi connectivity index (χ1v) is 10.6. The molecule has 166 valence electrons. The first kappa shape index (κ1) is 20.9. The van der Waals surface area contributed by atoms with E-state index in [0.717, 1.165) is 4.90 Å². The Bertz CT molecular complexity index is 1270. The lowest BCUT2D eigenvalue weighted by atomic mass is 10.0. The number of hydrogen-bond donors (Lipinski definition) is 1. The number of ether oxygens (including phenoxy) is 3. The van der Waals surface area contributed by atoms with E-state index < -0.39 is 11.8 Å². The van der Waals surface area contributed by atoms with E-state index in [4.69, 9.17) is 25.8 Å². The molecule has 3 aromatic rings. The van der Waals surface area contributed by atoms with Crippen molar-refractivity contribution in [2.24, 2.45) is 0 Å². The first-order valence-electron chi connectivity index (χ1n) is 10.2. The van der Waals surface area contributed by atoms with Crippen molar-refractivity contribution in [3.8, 4) is 17.2 Å². The minimum absolute atomic E-state index is 0.164. The largest absolute Gasteiger partial charge is 0.497 e. The molecule has 8 heteroatoms. The number of rotatable bonds is 5. The number of carbonyl (C=O) groups excluding carboxylic acids is 2. The average molecular weight is 463 g/mol. The molecule has 2 amide bonds. The van der Waals surface area contributed by atoms with Gasteiger partial charge in [0, 0.05) is 16.8 Å². The van der Waals surface area contributed by atoms with Gasteiger partial charge in [-0.1, -0.05) is 23.7 Å². The smallest absolute Gasteiger partial charge is 0.282 e. The van der Waals surface area contributed by atoms with Crippen LogP contribution in [0, 0.1) is 0 Å². The van der Waals surface area contributed by atoms with E-state index in [1.807, 2.05) is 0 Å². The molecule has 1 N–H and O–H groups in total. The number of imide groups is 1. The molecule has 5 rings (SSSR count). The Balaban J connectivity index is 1.57. The molecule has 2 heterocycles. The third-order valence-electron chi connectivity index (χ3n) is 5.36. The summed E-state index contributed by atoms with van der Waals surface area (Å²) in [5.74, 6) is 0.944. The number of nitrogens with one attached hydrogen (secondary N) is 1. The summed E-state index contributed by atoms with van der Waals surface area (Å²) in [7, 11) is 1.57. The molecule has 2 aliphatic rings. The minimum atomic E-state index is -0.469. The summed E-state index contributed by atoms with van der Waals surface area (Å²) in [6.45, 7) is 0.924. The van der Waals surface area contributed by atoms with E-state index in [9.17, 15) is 9.59 Å². The molecule has 33 heavy (non-hydrogen) atoms. The monoisotopic (exact) mass is 462 g/mol. The van der Waals surface area contributed by atoms with Gasteiger partial charge >= 0.3 is 0 Å². The van der Waals surface area contributed by atoms with Crippen molar-refractivity contribution in [2.45, 2.75) is 0 Å². The highest BCUT2D eigenvalue weighted by Gasteiger charge is 2.40. The van der Waals surface area contributed by atoms with Crippen LogP contribution >= 0.6 is 11.6 Å². The number of fused-ring (bicyclic) bond motifs is 1. The number of halogens is 1. The van der Waals surface area contributed by atoms with Crippen LogP contribution in [0.2, 0.25) is 5.02 Å². The van der Waals surface area contributed by atoms with Crippen LogP contribution in [0.3, 0.4) is 0 Å². The van der Waals surface area contributed by atoms with Gasteiger partial charge in [0.15, 0.2) is 11.5 Å². The normalized spacial score (nSPS) is 15.2. The van der Waals surface area contributed by atoms with Crippen molar-refractivity contribution >= 4 is 40.4 Å². The van der Waals surface area contributed by atoms with E-state index in [0.29, 0.717) is 52.4 Å². The Labute approximate surface area is 195 Å². The second-order valence-electron chi connectivity index (χ2n) is 7.38. The van der Waals surface area contributed by atoms with Crippen molar-refractivity contribution < 1.29 is 23.8 Å². The molecule has 0 atom stereocenters. The van der Waals surface area contributed by atoms with Crippen molar-refractivity contribution in [3.05, 3.63) is 83.0 Å². The standard InChI is InChI=1S/C25H19ClN2O5/c1-31-19-9-2-15(3-10-19)22-23(27-17-6-11-20-21(14-17)33-13-12-32-20)25(30)28(24(22)29)18-7-4-16(26)5-8-18/h2-11,14,27H,12-13H2,1H3. The van der Waals surface area contributed by atoms with Crippen LogP contribution in [0.1, 0.15) is 5.56 Å². The predicted octanol–water partition coefficient (Wildman–Crippen LogP) is 4.52. The molecule has 0 fully saturated rings. The highest BCUT2D eigenvalue weighted by molar-refractivity contribution is 6.46. The highest BCUT2D eigenvalue weighted by atomic mass is 35.5. The van der Waals surface area contributed by atoms with Crippen LogP contribution in [0.15, 0.2) is 72.4 Å². The Morgan fingerprint density at radius 1 is 0.879 bits per heavy atom. The van der Waals surface area contributed by atoms with Gasteiger partial charge in [0.2, 0.25) is 0 Å². The molecule has 0 aromatic heterocycles. The van der Waals surface area contributed by atoms with E-state index >= 15 is 0 Å². The van der Waals surface area contributed by atoms with Crippen LogP contribution in [0.5, 0.6) is 17.2 Å². The predicted molar refractivity (Wildman–Crippen MR) is 125 cm³/mol. The van der Waals surface area contributed by atoms with Gasteiger partial charge < -0.3 is 19.5 Å². The topological polar surface area (TPSA) is 77.1 Å². The van der Waals surface area contributed by atoms with Crippen molar-refractivity contribution in [3.63, 3.8) is 0 Å². The zero-order chi connectivity index (χ0) is 22.9. The molecule has 0 saturated heterocycles. The van der Waals surface area contributed by atoms with Crippen molar-refractivity contribution in [1.29, 1.82) is 0 Å². The molecule has 0 saturated carbocycles. The number of benzene rings is 3. The second-order valence-corrected chi connectivity index (χ2v) is 7.82. The van der Waals surface area contributed by atoms with Gasteiger partial charge in [-0.25, -0.2) is 4.90 Å². The lowest BCUT2D eigenvalue weighted by molar-refractivity contribution is -0.120. The van der Waals surface area contributed by atoms with Crippen molar-refractivity contribution in [1.82, 2.24) is 0 Å². The molecule has 0 aliphatic carbocycles. The minimum Gasteiger partial charge on any atom is -0.497 e. The zero-order valence-electron chi connectivity index (χ0n) is 17.6. The second kappa shape index (κ2) is 8.52. The molecule has 0 bridgehead atoms. The molecule has 7 nitrogen and oxygen atoms in total. The van der Waals surface area contributed by atoms with Gasteiger partial charge in [0.05, 0.1) is 18.4 Å². The van der Waals surface area contributed by atoms with Crippen LogP contribution in [0.25, 0.3) is 5.57 Å². The van der Waals surface area contributed by atoms with E-state index in [1.54, 1.807) is 73.8 Å². The third kappa shape index (κ3) is 3.87. The zero-order valence-corrected chi connectivity index (χ0v) is 18.4. The lowest BCUT2D eigenvalue weighted by Crippen LogP contribution is -2.32. The van der Waals surface area contributed by atoms with Gasteiger partial charge in [-0.15, -0.1) is 0 Å². The average Bonchev–Trinajstić information content (AvgIpc) is 3.09. The van der Waals surface area contributed by atoms with E-state index in [2.05, 4.69) is 5.32 Å². The summed E-state index contributed by atoms with van der Waals surface area (Å²) < 4.78 is 16.4. The molecular formula is C25H19ClN2O5. The number of anilines is 2. The number of hydrogen-bond acceptors (Lipinski definition) is 6. The number of methoxy groups -OCH3 is 1. The highest BCUT2D eigenvalue weighted by Crippen LogP contribution is 2.37. The maximum absolute atomic E-state index is 13.5. The lowest BCUT2D eigenvalue weighted by Gasteiger charge is -2.19. The molecule has 0 spiro atoms. The van der Waals surface area contributed by atoms with E-state index in [-0.39, 0.29) is 11.3 Å². The SMILES string of the molecule is COc1ccc(C2=C(Nc3ccc4c(c3)OCCO4)C(=O)N(c3ccc(Cl)cc3)C2=O)cc1. The number of carbonyl (C=O) groups is 2. The maximum Gasteiger partial charge on any atom is 0.282 e. The molecule has 0 unspecified atom stereocenters. The quantitative estimate of drug-likeness (QED) is 0.562. The third-order valence-corrected chi connectivity index (χ3v) is 5.61. The van der Waals surface area contributed by atoms with Crippen LogP contribution in [0.4, 0.5) is 11.4 Å². The summed E-state index contributed by atoms with van der Waals surface area (Å²) in [5, 5.41) is 3.64. The van der Waals surface area contributed by atoms with Gasteiger partial charge in [0.1, 0.15) is 24.7 Å². The summed E-state index contributed by atoms with van der Waals surface area (Å²) >= 11 is 5.99. The Morgan fingerprint density at radius 2 is 1.58 bits per heavy atom. The molecule has 0 radical (unpaired) electrons. The van der Waals surface area contributed by atoms with Gasteiger partial charge in [-0.2, -0.15) is 0 Å². The van der Waals surface area contributed by atoms with E-state index in [1.165, 1.54) is 0 Å². The summed E-state index contributed by atoms with van der Waals surface area (Å²) in [6, 6.07) is 18.8. The summed E-state index contributed by atoms with van der Waals surface area (Å²) in [4.78, 5) is 28.1. The molecule has 3 aromatic carbocycles. The van der Waals surface area contributed by atoms with Crippen LogP contribution in [-0.2, 0) is 9.59 Å². The number of amides is 2. The fourth-order valence-electron chi connectivity index (χ4n) is 3.76.